The third kappa shape index (κ3) is 2.54. The van der Waals surface area contributed by atoms with Crippen LogP contribution in [0.5, 0.6) is 0 Å². The fraction of sp³-hybridized carbons (Fsp3) is 0.462. The van der Waals surface area contributed by atoms with Crippen molar-refractivity contribution in [3.63, 3.8) is 0 Å². The molecule has 1 saturated heterocycles. The quantitative estimate of drug-likeness (QED) is 0.903. The van der Waals surface area contributed by atoms with E-state index in [2.05, 4.69) is 0 Å². The molecule has 1 aliphatic rings. The summed E-state index contributed by atoms with van der Waals surface area (Å²) in [5.74, 6) is -0.587. The fourth-order valence-electron chi connectivity index (χ4n) is 2.50. The number of benzene rings is 1. The molecule has 1 aromatic rings. The number of rotatable bonds is 3. The number of nitriles is 1. The lowest BCUT2D eigenvalue weighted by molar-refractivity contribution is 0.404. The van der Waals surface area contributed by atoms with Gasteiger partial charge in [0, 0.05) is 12.6 Å². The minimum absolute atomic E-state index is 0.0556. The SMILES string of the molecule is CC1CC(CN)CN1S(=O)(=O)c1ccc(F)c(C#N)c1. The lowest BCUT2D eigenvalue weighted by atomic mass is 10.1. The zero-order chi connectivity index (χ0) is 14.9. The van der Waals surface area contributed by atoms with E-state index >= 15 is 0 Å². The Hall–Kier alpha value is -1.49. The number of nitrogens with two attached hydrogens (primary N) is 1. The molecular formula is C13H16FN3O2S. The van der Waals surface area contributed by atoms with Gasteiger partial charge in [-0.1, -0.05) is 0 Å². The largest absolute Gasteiger partial charge is 0.330 e. The summed E-state index contributed by atoms with van der Waals surface area (Å²) in [5, 5.41) is 8.79. The summed E-state index contributed by atoms with van der Waals surface area (Å²) in [6, 6.07) is 4.77. The fourth-order valence-corrected chi connectivity index (χ4v) is 4.25. The van der Waals surface area contributed by atoms with Crippen molar-refractivity contribution >= 4 is 10.0 Å². The molecule has 2 N–H and O–H groups in total. The molecule has 0 aromatic heterocycles. The van der Waals surface area contributed by atoms with Gasteiger partial charge in [-0.2, -0.15) is 9.57 Å². The highest BCUT2D eigenvalue weighted by atomic mass is 32.2. The minimum Gasteiger partial charge on any atom is -0.330 e. The Morgan fingerprint density at radius 2 is 2.25 bits per heavy atom. The molecule has 1 heterocycles. The van der Waals surface area contributed by atoms with E-state index in [4.69, 9.17) is 11.0 Å². The molecule has 20 heavy (non-hydrogen) atoms. The lowest BCUT2D eigenvalue weighted by Crippen LogP contribution is -2.34. The van der Waals surface area contributed by atoms with E-state index in [0.717, 1.165) is 12.1 Å². The molecule has 0 spiro atoms. The highest BCUT2D eigenvalue weighted by Crippen LogP contribution is 2.29. The predicted octanol–water partition coefficient (Wildman–Crippen LogP) is 1.06. The highest BCUT2D eigenvalue weighted by molar-refractivity contribution is 7.89. The zero-order valence-electron chi connectivity index (χ0n) is 11.1. The summed E-state index contributed by atoms with van der Waals surface area (Å²) in [7, 11) is -3.72. The van der Waals surface area contributed by atoms with Crippen LogP contribution in [0, 0.1) is 23.1 Å². The third-order valence-electron chi connectivity index (χ3n) is 3.60. The van der Waals surface area contributed by atoms with Gasteiger partial charge in [-0.3, -0.25) is 0 Å². The zero-order valence-corrected chi connectivity index (χ0v) is 11.9. The van der Waals surface area contributed by atoms with Gasteiger partial charge >= 0.3 is 0 Å². The Morgan fingerprint density at radius 3 is 2.80 bits per heavy atom. The van der Waals surface area contributed by atoms with Crippen LogP contribution in [0.1, 0.15) is 18.9 Å². The Balaban J connectivity index is 2.39. The third-order valence-corrected chi connectivity index (χ3v) is 5.58. The second kappa shape index (κ2) is 5.48. The van der Waals surface area contributed by atoms with Crippen LogP contribution >= 0.6 is 0 Å². The van der Waals surface area contributed by atoms with Crippen molar-refractivity contribution in [3.8, 4) is 6.07 Å². The molecule has 1 aromatic carbocycles. The van der Waals surface area contributed by atoms with Crippen molar-refractivity contribution in [2.75, 3.05) is 13.1 Å². The molecular weight excluding hydrogens is 281 g/mol. The first-order valence-electron chi connectivity index (χ1n) is 6.31. The number of hydrogen-bond acceptors (Lipinski definition) is 4. The number of nitrogens with zero attached hydrogens (tertiary/aromatic N) is 2. The summed E-state index contributed by atoms with van der Waals surface area (Å²) < 4.78 is 39.7. The molecule has 2 unspecified atom stereocenters. The molecule has 0 bridgehead atoms. The highest BCUT2D eigenvalue weighted by Gasteiger charge is 2.37. The van der Waals surface area contributed by atoms with Gasteiger partial charge in [-0.15, -0.1) is 0 Å². The van der Waals surface area contributed by atoms with Crippen molar-refractivity contribution in [2.45, 2.75) is 24.3 Å². The van der Waals surface area contributed by atoms with E-state index < -0.39 is 15.8 Å². The Kier molecular flexibility index (Phi) is 4.09. The van der Waals surface area contributed by atoms with Gasteiger partial charge in [0.05, 0.1) is 10.5 Å². The molecule has 2 atom stereocenters. The summed E-state index contributed by atoms with van der Waals surface area (Å²) in [5.41, 5.74) is 5.32. The van der Waals surface area contributed by atoms with Crippen LogP contribution in [0.3, 0.4) is 0 Å². The molecule has 5 nitrogen and oxygen atoms in total. The van der Waals surface area contributed by atoms with Crippen LogP contribution in [0.4, 0.5) is 4.39 Å². The smallest absolute Gasteiger partial charge is 0.243 e. The minimum atomic E-state index is -3.72. The molecule has 0 saturated carbocycles. The first-order chi connectivity index (χ1) is 9.40. The Labute approximate surface area is 117 Å². The van der Waals surface area contributed by atoms with E-state index in [1.165, 1.54) is 10.4 Å². The molecule has 0 radical (unpaired) electrons. The van der Waals surface area contributed by atoms with E-state index in [0.29, 0.717) is 19.5 Å². The van der Waals surface area contributed by atoms with Crippen molar-refractivity contribution in [1.29, 1.82) is 5.26 Å². The van der Waals surface area contributed by atoms with Crippen molar-refractivity contribution in [2.24, 2.45) is 11.7 Å². The maximum absolute atomic E-state index is 13.3. The van der Waals surface area contributed by atoms with Gasteiger partial charge < -0.3 is 5.73 Å². The number of halogens is 1. The van der Waals surface area contributed by atoms with Crippen molar-refractivity contribution in [3.05, 3.63) is 29.6 Å². The van der Waals surface area contributed by atoms with Crippen molar-refractivity contribution in [1.82, 2.24) is 4.31 Å². The Bertz CT molecular complexity index is 654. The van der Waals surface area contributed by atoms with Crippen LogP contribution in [-0.2, 0) is 10.0 Å². The maximum Gasteiger partial charge on any atom is 0.243 e. The summed E-state index contributed by atoms with van der Waals surface area (Å²) in [4.78, 5) is -0.0556. The normalized spacial score (nSPS) is 23.7. The van der Waals surface area contributed by atoms with Crippen LogP contribution < -0.4 is 5.73 Å². The van der Waals surface area contributed by atoms with E-state index in [-0.39, 0.29) is 22.4 Å². The van der Waals surface area contributed by atoms with Gasteiger partial charge in [0.2, 0.25) is 10.0 Å². The molecule has 108 valence electrons. The van der Waals surface area contributed by atoms with Gasteiger partial charge in [0.1, 0.15) is 11.9 Å². The van der Waals surface area contributed by atoms with E-state index in [9.17, 15) is 12.8 Å². The van der Waals surface area contributed by atoms with Crippen molar-refractivity contribution < 1.29 is 12.8 Å². The standard InChI is InChI=1S/C13H16FN3O2S/c1-9-4-10(6-15)8-17(9)20(18,19)12-2-3-13(14)11(5-12)7-16/h2-3,5,9-10H,4,6,8,15H2,1H3. The molecule has 0 amide bonds. The van der Waals surface area contributed by atoms with Crippen LogP contribution in [0.2, 0.25) is 0 Å². The summed E-state index contributed by atoms with van der Waals surface area (Å²) >= 11 is 0. The van der Waals surface area contributed by atoms with Crippen LogP contribution in [0.15, 0.2) is 23.1 Å². The maximum atomic E-state index is 13.3. The van der Waals surface area contributed by atoms with Crippen LogP contribution in [-0.4, -0.2) is 31.9 Å². The topological polar surface area (TPSA) is 87.2 Å². The number of sulfonamides is 1. The Morgan fingerprint density at radius 1 is 1.55 bits per heavy atom. The number of hydrogen-bond donors (Lipinski definition) is 1. The molecule has 1 fully saturated rings. The molecule has 2 rings (SSSR count). The van der Waals surface area contributed by atoms with E-state index in [1.807, 2.05) is 6.92 Å². The summed E-state index contributed by atoms with van der Waals surface area (Å²) in [6.45, 7) is 2.62. The molecule has 7 heteroatoms. The first kappa shape index (κ1) is 14.9. The lowest BCUT2D eigenvalue weighted by Gasteiger charge is -2.21. The molecule has 1 aliphatic heterocycles. The van der Waals surface area contributed by atoms with E-state index in [1.54, 1.807) is 6.07 Å². The van der Waals surface area contributed by atoms with Crippen LogP contribution in [0.25, 0.3) is 0 Å². The average Bonchev–Trinajstić information content (AvgIpc) is 2.81. The first-order valence-corrected chi connectivity index (χ1v) is 7.75. The second-order valence-corrected chi connectivity index (χ2v) is 6.91. The second-order valence-electron chi connectivity index (χ2n) is 5.01. The summed E-state index contributed by atoms with van der Waals surface area (Å²) in [6.07, 6.45) is 0.710. The van der Waals surface area contributed by atoms with Gasteiger partial charge in [0.25, 0.3) is 0 Å². The van der Waals surface area contributed by atoms with Gasteiger partial charge in [-0.25, -0.2) is 12.8 Å². The predicted molar refractivity (Wildman–Crippen MR) is 71.6 cm³/mol. The monoisotopic (exact) mass is 297 g/mol. The average molecular weight is 297 g/mol. The van der Waals surface area contributed by atoms with Gasteiger partial charge in [-0.05, 0) is 44.0 Å². The molecule has 0 aliphatic carbocycles. The van der Waals surface area contributed by atoms with Gasteiger partial charge in [0.15, 0.2) is 0 Å².